The summed E-state index contributed by atoms with van der Waals surface area (Å²) in [6, 6.07) is 7.83. The number of carbonyl (C=O) groups is 3. The van der Waals surface area contributed by atoms with Crippen LogP contribution in [0.5, 0.6) is 0 Å². The van der Waals surface area contributed by atoms with Crippen molar-refractivity contribution in [2.75, 3.05) is 23.4 Å². The second-order valence-electron chi connectivity index (χ2n) is 6.54. The van der Waals surface area contributed by atoms with E-state index in [-0.39, 0.29) is 30.6 Å². The summed E-state index contributed by atoms with van der Waals surface area (Å²) in [6.45, 7) is 4.49. The van der Waals surface area contributed by atoms with Crippen molar-refractivity contribution in [1.82, 2.24) is 4.98 Å². The molecule has 2 heterocycles. The number of carbonyl (C=O) groups excluding carboxylic acids is 3. The van der Waals surface area contributed by atoms with Gasteiger partial charge in [0, 0.05) is 24.0 Å². The van der Waals surface area contributed by atoms with Crippen molar-refractivity contribution in [2.45, 2.75) is 33.1 Å². The zero-order chi connectivity index (χ0) is 20.1. The van der Waals surface area contributed by atoms with Gasteiger partial charge in [-0.3, -0.25) is 14.4 Å². The van der Waals surface area contributed by atoms with Crippen LogP contribution in [0.4, 0.5) is 10.8 Å². The lowest BCUT2D eigenvalue weighted by atomic mass is 10.1. The van der Waals surface area contributed by atoms with Crippen LogP contribution in [-0.2, 0) is 32.0 Å². The number of aromatic nitrogens is 1. The van der Waals surface area contributed by atoms with Crippen LogP contribution in [-0.4, -0.2) is 35.9 Å². The second kappa shape index (κ2) is 8.97. The van der Waals surface area contributed by atoms with Crippen molar-refractivity contribution in [3.8, 4) is 0 Å². The van der Waals surface area contributed by atoms with E-state index < -0.39 is 5.92 Å². The highest BCUT2D eigenvalue weighted by Gasteiger charge is 2.35. The third kappa shape index (κ3) is 4.75. The molecule has 3 rings (SSSR count). The van der Waals surface area contributed by atoms with E-state index >= 15 is 0 Å². The number of nitrogens with zero attached hydrogens (tertiary/aromatic N) is 2. The number of esters is 1. The average molecular weight is 401 g/mol. The van der Waals surface area contributed by atoms with Crippen LogP contribution in [0.3, 0.4) is 0 Å². The highest BCUT2D eigenvalue weighted by Crippen LogP contribution is 2.27. The number of benzene rings is 1. The van der Waals surface area contributed by atoms with Gasteiger partial charge in [-0.2, -0.15) is 0 Å². The number of aryl methyl sites for hydroxylation is 1. The predicted molar refractivity (Wildman–Crippen MR) is 107 cm³/mol. The van der Waals surface area contributed by atoms with E-state index in [1.54, 1.807) is 17.2 Å². The molecule has 0 spiro atoms. The van der Waals surface area contributed by atoms with Crippen LogP contribution in [0, 0.1) is 5.92 Å². The van der Waals surface area contributed by atoms with E-state index in [9.17, 15) is 14.4 Å². The van der Waals surface area contributed by atoms with Crippen LogP contribution in [0.2, 0.25) is 0 Å². The first-order valence-electron chi connectivity index (χ1n) is 9.30. The second-order valence-corrected chi connectivity index (χ2v) is 7.40. The molecule has 1 saturated heterocycles. The number of ether oxygens (including phenoxy) is 1. The highest BCUT2D eigenvalue weighted by molar-refractivity contribution is 7.13. The lowest BCUT2D eigenvalue weighted by Gasteiger charge is -2.17. The van der Waals surface area contributed by atoms with E-state index in [0.717, 1.165) is 12.1 Å². The number of amides is 2. The summed E-state index contributed by atoms with van der Waals surface area (Å²) in [4.78, 5) is 42.3. The first kappa shape index (κ1) is 20.0. The molecule has 1 aliphatic heterocycles. The van der Waals surface area contributed by atoms with E-state index in [2.05, 4.69) is 17.2 Å². The summed E-state index contributed by atoms with van der Waals surface area (Å²) in [5.41, 5.74) is 2.56. The zero-order valence-electron chi connectivity index (χ0n) is 15.9. The summed E-state index contributed by atoms with van der Waals surface area (Å²) < 4.78 is 4.89. The summed E-state index contributed by atoms with van der Waals surface area (Å²) in [5, 5.41) is 4.89. The lowest BCUT2D eigenvalue weighted by molar-refractivity contribution is -0.142. The molecule has 7 nitrogen and oxygen atoms in total. The maximum absolute atomic E-state index is 12.6. The van der Waals surface area contributed by atoms with Gasteiger partial charge >= 0.3 is 5.97 Å². The van der Waals surface area contributed by atoms with Crippen LogP contribution in [0.1, 0.15) is 31.5 Å². The van der Waals surface area contributed by atoms with Crippen molar-refractivity contribution in [3.05, 3.63) is 40.9 Å². The van der Waals surface area contributed by atoms with Gasteiger partial charge in [0.25, 0.3) is 0 Å². The molecule has 0 unspecified atom stereocenters. The van der Waals surface area contributed by atoms with E-state index in [1.165, 1.54) is 16.9 Å². The molecule has 2 amide bonds. The number of hydrogen-bond donors (Lipinski definition) is 1. The molecule has 1 fully saturated rings. The van der Waals surface area contributed by atoms with Gasteiger partial charge in [-0.1, -0.05) is 19.1 Å². The Labute approximate surface area is 167 Å². The van der Waals surface area contributed by atoms with Gasteiger partial charge in [-0.15, -0.1) is 11.3 Å². The largest absolute Gasteiger partial charge is 0.466 e. The van der Waals surface area contributed by atoms with Crippen molar-refractivity contribution < 1.29 is 19.1 Å². The summed E-state index contributed by atoms with van der Waals surface area (Å²) in [7, 11) is 0. The number of thiazole rings is 1. The maximum Gasteiger partial charge on any atom is 0.311 e. The fourth-order valence-electron chi connectivity index (χ4n) is 3.06. The number of anilines is 2. The number of hydrogen-bond acceptors (Lipinski definition) is 6. The number of rotatable bonds is 7. The van der Waals surface area contributed by atoms with E-state index in [4.69, 9.17) is 4.74 Å². The monoisotopic (exact) mass is 401 g/mol. The quantitative estimate of drug-likeness (QED) is 0.721. The van der Waals surface area contributed by atoms with Crippen molar-refractivity contribution in [2.24, 2.45) is 5.92 Å². The third-order valence-electron chi connectivity index (χ3n) is 4.56. The molecular weight excluding hydrogens is 378 g/mol. The molecular formula is C20H23N3O4S. The van der Waals surface area contributed by atoms with Crippen LogP contribution >= 0.6 is 11.3 Å². The smallest absolute Gasteiger partial charge is 0.311 e. The maximum atomic E-state index is 12.6. The van der Waals surface area contributed by atoms with Gasteiger partial charge < -0.3 is 15.0 Å². The molecule has 0 bridgehead atoms. The molecule has 2 aromatic rings. The Morgan fingerprint density at radius 3 is 2.71 bits per heavy atom. The first-order valence-corrected chi connectivity index (χ1v) is 10.2. The molecule has 1 aromatic heterocycles. The van der Waals surface area contributed by atoms with E-state index in [1.807, 2.05) is 24.3 Å². The standard InChI is InChI=1S/C20H23N3O4S/c1-3-13-5-7-16(8-6-13)23-11-14(9-17(23)24)19(26)22-20-21-15(12-28-20)10-18(25)27-4-2/h5-8,12,14H,3-4,9-11H2,1-2H3,(H,21,22,26)/t14-/m1/s1. The topological polar surface area (TPSA) is 88.6 Å². The Balaban J connectivity index is 1.58. The van der Waals surface area contributed by atoms with Gasteiger partial charge in [0.2, 0.25) is 11.8 Å². The Morgan fingerprint density at radius 2 is 2.04 bits per heavy atom. The molecule has 28 heavy (non-hydrogen) atoms. The Kier molecular flexibility index (Phi) is 6.41. The minimum Gasteiger partial charge on any atom is -0.466 e. The summed E-state index contributed by atoms with van der Waals surface area (Å²) in [6.07, 6.45) is 1.18. The summed E-state index contributed by atoms with van der Waals surface area (Å²) in [5.74, 6) is -1.09. The molecule has 1 atom stereocenters. The minimum atomic E-state index is -0.434. The molecule has 0 aliphatic carbocycles. The van der Waals surface area contributed by atoms with Crippen LogP contribution < -0.4 is 10.2 Å². The fourth-order valence-corrected chi connectivity index (χ4v) is 3.77. The Bertz CT molecular complexity index is 863. The van der Waals surface area contributed by atoms with Crippen molar-refractivity contribution in [3.63, 3.8) is 0 Å². The third-order valence-corrected chi connectivity index (χ3v) is 5.37. The summed E-state index contributed by atoms with van der Waals surface area (Å²) >= 11 is 1.25. The minimum absolute atomic E-state index is 0.0634. The van der Waals surface area contributed by atoms with Gasteiger partial charge in [0.05, 0.1) is 24.6 Å². The fraction of sp³-hybridized carbons (Fsp3) is 0.400. The highest BCUT2D eigenvalue weighted by atomic mass is 32.1. The lowest BCUT2D eigenvalue weighted by Crippen LogP contribution is -2.28. The van der Waals surface area contributed by atoms with Crippen LogP contribution in [0.25, 0.3) is 0 Å². The molecule has 148 valence electrons. The van der Waals surface area contributed by atoms with Gasteiger partial charge in [0.1, 0.15) is 0 Å². The van der Waals surface area contributed by atoms with Gasteiger partial charge in [-0.05, 0) is 31.0 Å². The molecule has 1 aromatic carbocycles. The SMILES string of the molecule is CCOC(=O)Cc1csc(NC(=O)[C@@H]2CC(=O)N(c3ccc(CC)cc3)C2)n1. The van der Waals surface area contributed by atoms with Crippen molar-refractivity contribution >= 4 is 39.9 Å². The molecule has 1 N–H and O–H groups in total. The average Bonchev–Trinajstić information content (AvgIpc) is 3.28. The first-order chi connectivity index (χ1) is 13.5. The number of nitrogens with one attached hydrogen (secondary N) is 1. The van der Waals surface area contributed by atoms with Gasteiger partial charge in [0.15, 0.2) is 5.13 Å². The Hall–Kier alpha value is -2.74. The molecule has 0 saturated carbocycles. The molecule has 1 aliphatic rings. The molecule has 0 radical (unpaired) electrons. The van der Waals surface area contributed by atoms with E-state index in [0.29, 0.717) is 24.0 Å². The van der Waals surface area contributed by atoms with Crippen LogP contribution in [0.15, 0.2) is 29.6 Å². The molecule has 8 heteroatoms. The normalized spacial score (nSPS) is 16.3. The zero-order valence-corrected chi connectivity index (χ0v) is 16.8. The predicted octanol–water partition coefficient (Wildman–Crippen LogP) is 2.80. The van der Waals surface area contributed by atoms with Crippen molar-refractivity contribution in [1.29, 1.82) is 0 Å². The van der Waals surface area contributed by atoms with Gasteiger partial charge in [-0.25, -0.2) is 4.98 Å². The Morgan fingerprint density at radius 1 is 1.29 bits per heavy atom.